The molecule has 0 aliphatic rings. The molecular formula is C19H25NO4. The van der Waals surface area contributed by atoms with Crippen LogP contribution >= 0.6 is 0 Å². The van der Waals surface area contributed by atoms with Crippen LogP contribution in [0.3, 0.4) is 0 Å². The van der Waals surface area contributed by atoms with Crippen LogP contribution in [-0.2, 0) is 16.1 Å². The molecule has 130 valence electrons. The van der Waals surface area contributed by atoms with E-state index in [1.54, 1.807) is 25.5 Å². The number of rotatable bonds is 9. The molecule has 0 aliphatic carbocycles. The minimum absolute atomic E-state index is 0.164. The van der Waals surface area contributed by atoms with Crippen molar-refractivity contribution in [3.05, 3.63) is 59.5 Å². The second-order valence-electron chi connectivity index (χ2n) is 6.11. The molecule has 5 nitrogen and oxygen atoms in total. The summed E-state index contributed by atoms with van der Waals surface area (Å²) in [5.41, 5.74) is 1.54. The molecule has 1 aromatic carbocycles. The Labute approximate surface area is 143 Å². The third kappa shape index (κ3) is 5.51. The van der Waals surface area contributed by atoms with E-state index in [4.69, 9.17) is 13.9 Å². The first kappa shape index (κ1) is 18.2. The number of benzene rings is 1. The highest BCUT2D eigenvalue weighted by Crippen LogP contribution is 2.16. The van der Waals surface area contributed by atoms with E-state index in [0.29, 0.717) is 37.1 Å². The maximum Gasteiger partial charge on any atom is 0.251 e. The van der Waals surface area contributed by atoms with Crippen LogP contribution in [-0.4, -0.2) is 26.2 Å². The molecule has 0 fully saturated rings. The van der Waals surface area contributed by atoms with Crippen LogP contribution in [0.25, 0.3) is 0 Å². The standard InChI is InChI=1S/C19H25NO4/c1-14(2)11-23-13-17(18-8-5-9-24-18)20-19(21)16-7-4-6-15(10-16)12-22-3/h4-10,14,17H,11-13H2,1-3H3,(H,20,21)/t17-/m0/s1. The lowest BCUT2D eigenvalue weighted by Crippen LogP contribution is -2.31. The summed E-state index contributed by atoms with van der Waals surface area (Å²) in [5, 5.41) is 2.98. The predicted octanol–water partition coefficient (Wildman–Crippen LogP) is 3.57. The second-order valence-corrected chi connectivity index (χ2v) is 6.11. The lowest BCUT2D eigenvalue weighted by Gasteiger charge is -2.18. The van der Waals surface area contributed by atoms with Crippen LogP contribution in [0.4, 0.5) is 0 Å². The van der Waals surface area contributed by atoms with Crippen LogP contribution in [0.2, 0.25) is 0 Å². The van der Waals surface area contributed by atoms with Crippen LogP contribution < -0.4 is 5.32 Å². The van der Waals surface area contributed by atoms with Gasteiger partial charge in [-0.3, -0.25) is 4.79 Å². The van der Waals surface area contributed by atoms with Gasteiger partial charge >= 0.3 is 0 Å². The Morgan fingerprint density at radius 1 is 1.21 bits per heavy atom. The average molecular weight is 331 g/mol. The van der Waals surface area contributed by atoms with E-state index >= 15 is 0 Å². The Balaban J connectivity index is 2.05. The van der Waals surface area contributed by atoms with Crippen molar-refractivity contribution in [1.82, 2.24) is 5.32 Å². The zero-order valence-electron chi connectivity index (χ0n) is 14.5. The quantitative estimate of drug-likeness (QED) is 0.763. The van der Waals surface area contributed by atoms with Gasteiger partial charge in [-0.05, 0) is 35.7 Å². The molecule has 1 heterocycles. The lowest BCUT2D eigenvalue weighted by atomic mass is 10.1. The molecule has 2 rings (SSSR count). The van der Waals surface area contributed by atoms with Crippen molar-refractivity contribution in [2.75, 3.05) is 20.3 Å². The van der Waals surface area contributed by atoms with E-state index in [0.717, 1.165) is 5.56 Å². The normalized spacial score (nSPS) is 12.3. The molecule has 24 heavy (non-hydrogen) atoms. The molecule has 0 unspecified atom stereocenters. The molecule has 0 spiro atoms. The average Bonchev–Trinajstić information content (AvgIpc) is 3.08. The smallest absolute Gasteiger partial charge is 0.251 e. The Kier molecular flexibility index (Phi) is 7.03. The highest BCUT2D eigenvalue weighted by molar-refractivity contribution is 5.94. The first-order valence-electron chi connectivity index (χ1n) is 8.10. The Morgan fingerprint density at radius 3 is 2.71 bits per heavy atom. The van der Waals surface area contributed by atoms with Crippen LogP contribution in [0.5, 0.6) is 0 Å². The first-order chi connectivity index (χ1) is 11.6. The van der Waals surface area contributed by atoms with Crippen LogP contribution in [0, 0.1) is 5.92 Å². The fourth-order valence-electron chi connectivity index (χ4n) is 2.32. The highest BCUT2D eigenvalue weighted by atomic mass is 16.5. The zero-order valence-corrected chi connectivity index (χ0v) is 14.5. The number of amides is 1. The fraction of sp³-hybridized carbons (Fsp3) is 0.421. The van der Waals surface area contributed by atoms with Gasteiger partial charge in [-0.15, -0.1) is 0 Å². The Hall–Kier alpha value is -2.11. The van der Waals surface area contributed by atoms with Gasteiger partial charge in [0.25, 0.3) is 5.91 Å². The number of methoxy groups -OCH3 is 1. The van der Waals surface area contributed by atoms with Crippen molar-refractivity contribution < 1.29 is 18.7 Å². The molecule has 0 bridgehead atoms. The summed E-state index contributed by atoms with van der Waals surface area (Å²) in [6.07, 6.45) is 1.59. The first-order valence-corrected chi connectivity index (χ1v) is 8.10. The van der Waals surface area contributed by atoms with E-state index in [2.05, 4.69) is 19.2 Å². The van der Waals surface area contributed by atoms with Crippen molar-refractivity contribution in [2.45, 2.75) is 26.5 Å². The van der Waals surface area contributed by atoms with Gasteiger partial charge < -0.3 is 19.2 Å². The van der Waals surface area contributed by atoms with E-state index in [1.165, 1.54) is 0 Å². The number of hydrogen-bond donors (Lipinski definition) is 1. The molecule has 0 aliphatic heterocycles. The summed E-state index contributed by atoms with van der Waals surface area (Å²) in [6.45, 7) is 5.65. The monoisotopic (exact) mass is 331 g/mol. The molecule has 5 heteroatoms. The summed E-state index contributed by atoms with van der Waals surface area (Å²) in [5.74, 6) is 0.950. The Morgan fingerprint density at radius 2 is 2.04 bits per heavy atom. The van der Waals surface area contributed by atoms with E-state index in [1.807, 2.05) is 24.3 Å². The zero-order chi connectivity index (χ0) is 17.4. The number of ether oxygens (including phenoxy) is 2. The topological polar surface area (TPSA) is 60.7 Å². The summed E-state index contributed by atoms with van der Waals surface area (Å²) in [6, 6.07) is 10.7. The molecular weight excluding hydrogens is 306 g/mol. The van der Waals surface area contributed by atoms with Gasteiger partial charge in [0.05, 0.1) is 19.5 Å². The largest absolute Gasteiger partial charge is 0.467 e. The molecule has 2 aromatic rings. The molecule has 0 saturated carbocycles. The third-order valence-electron chi connectivity index (χ3n) is 3.43. The number of carbonyl (C=O) groups excluding carboxylic acids is 1. The van der Waals surface area contributed by atoms with Crippen molar-refractivity contribution in [1.29, 1.82) is 0 Å². The summed E-state index contributed by atoms with van der Waals surface area (Å²) in [7, 11) is 1.63. The third-order valence-corrected chi connectivity index (χ3v) is 3.43. The molecule has 1 amide bonds. The molecule has 1 N–H and O–H groups in total. The van der Waals surface area contributed by atoms with Gasteiger partial charge in [0.15, 0.2) is 0 Å². The Bertz CT molecular complexity index is 622. The van der Waals surface area contributed by atoms with E-state index in [-0.39, 0.29) is 11.9 Å². The van der Waals surface area contributed by atoms with Gasteiger partial charge in [0, 0.05) is 19.3 Å². The van der Waals surface area contributed by atoms with E-state index < -0.39 is 0 Å². The summed E-state index contributed by atoms with van der Waals surface area (Å²) < 4.78 is 16.2. The molecule has 0 saturated heterocycles. The van der Waals surface area contributed by atoms with Crippen LogP contribution in [0.1, 0.15) is 41.6 Å². The van der Waals surface area contributed by atoms with Gasteiger partial charge in [-0.25, -0.2) is 0 Å². The minimum atomic E-state index is -0.322. The van der Waals surface area contributed by atoms with Crippen molar-refractivity contribution in [3.8, 4) is 0 Å². The SMILES string of the molecule is COCc1cccc(C(=O)N[C@@H](COCC(C)C)c2ccco2)c1. The number of furan rings is 1. The minimum Gasteiger partial charge on any atom is -0.467 e. The molecule has 1 aromatic heterocycles. The predicted molar refractivity (Wildman–Crippen MR) is 91.7 cm³/mol. The number of hydrogen-bond acceptors (Lipinski definition) is 4. The summed E-state index contributed by atoms with van der Waals surface area (Å²) >= 11 is 0. The van der Waals surface area contributed by atoms with Gasteiger partial charge in [-0.2, -0.15) is 0 Å². The van der Waals surface area contributed by atoms with Crippen LogP contribution in [0.15, 0.2) is 47.1 Å². The van der Waals surface area contributed by atoms with Crippen molar-refractivity contribution >= 4 is 5.91 Å². The van der Waals surface area contributed by atoms with Gasteiger partial charge in [-0.1, -0.05) is 26.0 Å². The van der Waals surface area contributed by atoms with Crippen molar-refractivity contribution in [3.63, 3.8) is 0 Å². The fourth-order valence-corrected chi connectivity index (χ4v) is 2.32. The molecule has 0 radical (unpaired) electrons. The summed E-state index contributed by atoms with van der Waals surface area (Å²) in [4.78, 5) is 12.6. The van der Waals surface area contributed by atoms with Crippen molar-refractivity contribution in [2.24, 2.45) is 5.92 Å². The van der Waals surface area contributed by atoms with E-state index in [9.17, 15) is 4.79 Å². The molecule has 1 atom stereocenters. The van der Waals surface area contributed by atoms with Gasteiger partial charge in [0.2, 0.25) is 0 Å². The van der Waals surface area contributed by atoms with Gasteiger partial charge in [0.1, 0.15) is 11.8 Å². The lowest BCUT2D eigenvalue weighted by molar-refractivity contribution is 0.0730. The highest BCUT2D eigenvalue weighted by Gasteiger charge is 2.19. The second kappa shape index (κ2) is 9.25. The maximum absolute atomic E-state index is 12.6. The maximum atomic E-state index is 12.6. The number of carbonyl (C=O) groups is 1. The number of nitrogens with one attached hydrogen (secondary N) is 1.